The molecular formula is C41H42N4O5. The van der Waals surface area contributed by atoms with E-state index >= 15 is 0 Å². The van der Waals surface area contributed by atoms with Gasteiger partial charge in [-0.1, -0.05) is 103 Å². The molecule has 0 aromatic heterocycles. The van der Waals surface area contributed by atoms with Gasteiger partial charge in [-0.25, -0.2) is 4.79 Å². The molecule has 1 N–H and O–H groups in total. The van der Waals surface area contributed by atoms with Crippen LogP contribution in [0.25, 0.3) is 5.70 Å². The summed E-state index contributed by atoms with van der Waals surface area (Å²) < 4.78 is 5.24. The number of nitrogens with zero attached hydrogens (tertiary/aromatic N) is 3. The average Bonchev–Trinajstić information content (AvgIpc) is 3.17. The van der Waals surface area contributed by atoms with Crippen LogP contribution in [0.3, 0.4) is 0 Å². The lowest BCUT2D eigenvalue weighted by Crippen LogP contribution is -2.44. The third kappa shape index (κ3) is 6.95. The van der Waals surface area contributed by atoms with Gasteiger partial charge < -0.3 is 19.9 Å². The summed E-state index contributed by atoms with van der Waals surface area (Å²) in [6.45, 7) is 4.85. The second-order valence-corrected chi connectivity index (χ2v) is 12.9. The Labute approximate surface area is 293 Å². The van der Waals surface area contributed by atoms with Crippen LogP contribution < -0.4 is 5.32 Å². The van der Waals surface area contributed by atoms with Gasteiger partial charge in [0.25, 0.3) is 5.69 Å². The third-order valence-corrected chi connectivity index (χ3v) is 10.1. The van der Waals surface area contributed by atoms with Crippen molar-refractivity contribution in [3.05, 3.63) is 165 Å². The molecule has 0 spiro atoms. The number of carbonyl (C=O) groups is 2. The fraction of sp³-hybridized carbons (Fsp3) is 0.268. The first-order valence-corrected chi connectivity index (χ1v) is 17.0. The number of benzene rings is 4. The van der Waals surface area contributed by atoms with Crippen molar-refractivity contribution >= 4 is 23.8 Å². The van der Waals surface area contributed by atoms with Gasteiger partial charge in [-0.05, 0) is 68.1 Å². The first kappa shape index (κ1) is 34.3. The second-order valence-electron chi connectivity index (χ2n) is 12.9. The Balaban J connectivity index is 1.27. The van der Waals surface area contributed by atoms with Gasteiger partial charge in [0.15, 0.2) is 0 Å². The van der Waals surface area contributed by atoms with Gasteiger partial charge in [0.2, 0.25) is 6.41 Å². The molecule has 1 atom stereocenters. The number of esters is 1. The van der Waals surface area contributed by atoms with Crippen LogP contribution in [-0.2, 0) is 19.7 Å². The molecule has 1 amide bonds. The highest BCUT2D eigenvalue weighted by molar-refractivity contribution is 5.95. The number of rotatable bonds is 12. The highest BCUT2D eigenvalue weighted by atomic mass is 16.6. The summed E-state index contributed by atoms with van der Waals surface area (Å²) in [5.41, 5.74) is 6.27. The summed E-state index contributed by atoms with van der Waals surface area (Å²) in [5, 5.41) is 14.9. The summed E-state index contributed by atoms with van der Waals surface area (Å²) in [4.78, 5) is 41.6. The SMILES string of the molecule is COC(=O)C1=C(C)NC(c2ccccc2)=C(N(C=O)CCCN2CCC(c3ccccc3)(c3ccccc3)CC2)C1c1ccc([N+](=O)[O-])cc1. The number of hydrogen-bond acceptors (Lipinski definition) is 7. The maximum Gasteiger partial charge on any atom is 0.336 e. The maximum absolute atomic E-state index is 13.3. The Bertz CT molecular complexity index is 1830. The summed E-state index contributed by atoms with van der Waals surface area (Å²) >= 11 is 0. The highest BCUT2D eigenvalue weighted by Gasteiger charge is 2.39. The van der Waals surface area contributed by atoms with Crippen LogP contribution >= 0.6 is 0 Å². The van der Waals surface area contributed by atoms with E-state index in [4.69, 9.17) is 4.74 Å². The van der Waals surface area contributed by atoms with Gasteiger partial charge in [0, 0.05) is 29.8 Å². The zero-order valence-electron chi connectivity index (χ0n) is 28.5. The average molecular weight is 671 g/mol. The summed E-state index contributed by atoms with van der Waals surface area (Å²) in [6, 6.07) is 37.4. The number of non-ortho nitro benzene ring substituents is 1. The number of allylic oxidation sites excluding steroid dienone is 2. The number of dihydropyridines is 1. The molecule has 256 valence electrons. The second kappa shape index (κ2) is 15.3. The first-order chi connectivity index (χ1) is 24.4. The normalized spacial score (nSPS) is 17.5. The maximum atomic E-state index is 13.3. The molecule has 6 rings (SSSR count). The standard InChI is InChI=1S/C41H42N4O5/c1-30-36(40(47)50-2)37(31-19-21-35(22-20-31)45(48)49)39(38(42-30)32-13-6-3-7-14-32)44(29-46)26-12-25-43-27-23-41(24-28-43,33-15-8-4-9-16-33)34-17-10-5-11-18-34/h3-11,13-22,29,37,42H,12,23-28H2,1-2H3. The van der Waals surface area contributed by atoms with E-state index in [0.29, 0.717) is 41.2 Å². The summed E-state index contributed by atoms with van der Waals surface area (Å²) in [6.07, 6.45) is 3.50. The van der Waals surface area contributed by atoms with E-state index in [-0.39, 0.29) is 11.1 Å². The largest absolute Gasteiger partial charge is 0.466 e. The monoisotopic (exact) mass is 670 g/mol. The molecule has 0 bridgehead atoms. The van der Waals surface area contributed by atoms with Crippen molar-refractivity contribution in [2.75, 3.05) is 33.3 Å². The highest BCUT2D eigenvalue weighted by Crippen LogP contribution is 2.44. The van der Waals surface area contributed by atoms with Crippen LogP contribution in [0, 0.1) is 10.1 Å². The minimum Gasteiger partial charge on any atom is -0.466 e. The molecule has 1 fully saturated rings. The fourth-order valence-electron chi connectivity index (χ4n) is 7.56. The lowest BCUT2D eigenvalue weighted by molar-refractivity contribution is -0.384. The smallest absolute Gasteiger partial charge is 0.336 e. The first-order valence-electron chi connectivity index (χ1n) is 17.0. The molecule has 2 aliphatic heterocycles. The molecule has 4 aromatic carbocycles. The number of nitrogens with one attached hydrogen (secondary N) is 1. The Kier molecular flexibility index (Phi) is 10.5. The number of piperidine rings is 1. The Morgan fingerprint density at radius 3 is 2.00 bits per heavy atom. The van der Waals surface area contributed by atoms with Crippen LogP contribution in [0.2, 0.25) is 0 Å². The van der Waals surface area contributed by atoms with Crippen molar-refractivity contribution in [3.63, 3.8) is 0 Å². The van der Waals surface area contributed by atoms with E-state index in [9.17, 15) is 19.7 Å². The number of hydrogen-bond donors (Lipinski definition) is 1. The molecule has 2 heterocycles. The number of carbonyl (C=O) groups excluding carboxylic acids is 2. The lowest BCUT2D eigenvalue weighted by atomic mass is 9.68. The van der Waals surface area contributed by atoms with Crippen molar-refractivity contribution in [2.24, 2.45) is 0 Å². The van der Waals surface area contributed by atoms with Crippen molar-refractivity contribution in [3.8, 4) is 0 Å². The van der Waals surface area contributed by atoms with Crippen LogP contribution in [0.1, 0.15) is 54.4 Å². The molecule has 1 unspecified atom stereocenters. The van der Waals surface area contributed by atoms with Gasteiger partial charge in [-0.3, -0.25) is 14.9 Å². The lowest BCUT2D eigenvalue weighted by Gasteiger charge is -2.43. The summed E-state index contributed by atoms with van der Waals surface area (Å²) in [5.74, 6) is -1.25. The van der Waals surface area contributed by atoms with Crippen molar-refractivity contribution in [1.29, 1.82) is 0 Å². The number of likely N-dealkylation sites (tertiary alicyclic amines) is 1. The van der Waals surface area contributed by atoms with Crippen molar-refractivity contribution in [1.82, 2.24) is 15.1 Å². The van der Waals surface area contributed by atoms with E-state index in [1.165, 1.54) is 30.4 Å². The van der Waals surface area contributed by atoms with Gasteiger partial charge in [0.05, 0.1) is 34.9 Å². The number of nitro groups is 1. The molecule has 4 aromatic rings. The Morgan fingerprint density at radius 1 is 0.920 bits per heavy atom. The van der Waals surface area contributed by atoms with E-state index in [0.717, 1.165) is 44.4 Å². The summed E-state index contributed by atoms with van der Waals surface area (Å²) in [7, 11) is 1.33. The van der Waals surface area contributed by atoms with E-state index in [1.807, 2.05) is 30.3 Å². The minimum atomic E-state index is -0.711. The molecule has 50 heavy (non-hydrogen) atoms. The van der Waals surface area contributed by atoms with Crippen LogP contribution in [-0.4, -0.2) is 60.4 Å². The van der Waals surface area contributed by atoms with Crippen LogP contribution in [0.5, 0.6) is 0 Å². The van der Waals surface area contributed by atoms with Gasteiger partial charge in [0.1, 0.15) is 0 Å². The Morgan fingerprint density at radius 2 is 1.48 bits per heavy atom. The molecular weight excluding hydrogens is 628 g/mol. The van der Waals surface area contributed by atoms with Crippen molar-refractivity contribution < 1.29 is 19.2 Å². The zero-order valence-corrected chi connectivity index (χ0v) is 28.5. The molecule has 0 radical (unpaired) electrons. The zero-order chi connectivity index (χ0) is 35.1. The minimum absolute atomic E-state index is 0.0521. The molecule has 9 heteroatoms. The Hall–Kier alpha value is -5.54. The number of amides is 1. The fourth-order valence-corrected chi connectivity index (χ4v) is 7.56. The quantitative estimate of drug-likeness (QED) is 0.0747. The topological polar surface area (TPSA) is 105 Å². The predicted molar refractivity (Wildman–Crippen MR) is 194 cm³/mol. The third-order valence-electron chi connectivity index (χ3n) is 10.1. The van der Waals surface area contributed by atoms with Gasteiger partial charge in [-0.2, -0.15) is 0 Å². The van der Waals surface area contributed by atoms with Gasteiger partial charge in [-0.15, -0.1) is 0 Å². The number of methoxy groups -OCH3 is 1. The van der Waals surface area contributed by atoms with Gasteiger partial charge >= 0.3 is 5.97 Å². The molecule has 9 nitrogen and oxygen atoms in total. The molecule has 2 aliphatic rings. The molecule has 0 aliphatic carbocycles. The van der Waals surface area contributed by atoms with E-state index in [1.54, 1.807) is 24.0 Å². The molecule has 1 saturated heterocycles. The van der Waals surface area contributed by atoms with Crippen LogP contribution in [0.15, 0.2) is 132 Å². The number of ether oxygens (including phenoxy) is 1. The predicted octanol–water partition coefficient (Wildman–Crippen LogP) is 7.03. The van der Waals surface area contributed by atoms with E-state index < -0.39 is 16.8 Å². The molecule has 0 saturated carbocycles. The van der Waals surface area contributed by atoms with E-state index in [2.05, 4.69) is 70.9 Å². The number of nitro benzene ring substituents is 1. The van der Waals surface area contributed by atoms with Crippen molar-refractivity contribution in [2.45, 2.75) is 37.5 Å². The van der Waals surface area contributed by atoms with Crippen LogP contribution in [0.4, 0.5) is 5.69 Å².